The van der Waals surface area contributed by atoms with E-state index in [1.54, 1.807) is 12.1 Å². The van der Waals surface area contributed by atoms with Gasteiger partial charge in [0.2, 0.25) is 11.8 Å². The van der Waals surface area contributed by atoms with E-state index in [0.29, 0.717) is 6.54 Å². The summed E-state index contributed by atoms with van der Waals surface area (Å²) in [6, 6.07) is 5.54. The summed E-state index contributed by atoms with van der Waals surface area (Å²) < 4.78 is 12.8. The molecule has 6 heteroatoms. The average molecular weight is 309 g/mol. The Labute approximate surface area is 130 Å². The average Bonchev–Trinajstić information content (AvgIpc) is 2.49. The highest BCUT2D eigenvalue weighted by Crippen LogP contribution is 2.14. The van der Waals surface area contributed by atoms with Crippen LogP contribution in [0.1, 0.15) is 32.3 Å². The Morgan fingerprint density at radius 1 is 1.14 bits per heavy atom. The molecule has 22 heavy (non-hydrogen) atoms. The molecule has 0 saturated heterocycles. The van der Waals surface area contributed by atoms with E-state index < -0.39 is 6.04 Å². The summed E-state index contributed by atoms with van der Waals surface area (Å²) >= 11 is 0. The highest BCUT2D eigenvalue weighted by molar-refractivity contribution is 5.87. The van der Waals surface area contributed by atoms with Gasteiger partial charge in [-0.2, -0.15) is 0 Å². The molecule has 0 radical (unpaired) electrons. The Hall–Kier alpha value is -1.95. The molecule has 0 heterocycles. The second-order valence-corrected chi connectivity index (χ2v) is 5.74. The van der Waals surface area contributed by atoms with Crippen molar-refractivity contribution in [1.29, 1.82) is 0 Å². The molecule has 2 atom stereocenters. The van der Waals surface area contributed by atoms with E-state index in [1.165, 1.54) is 12.1 Å². The fourth-order valence-corrected chi connectivity index (χ4v) is 1.83. The Morgan fingerprint density at radius 2 is 1.73 bits per heavy atom. The van der Waals surface area contributed by atoms with Crippen LogP contribution in [0.4, 0.5) is 4.39 Å². The minimum Gasteiger partial charge on any atom is -0.354 e. The Balaban J connectivity index is 2.34. The maximum absolute atomic E-state index is 12.8. The first kappa shape index (κ1) is 18.1. The quantitative estimate of drug-likeness (QED) is 0.706. The summed E-state index contributed by atoms with van der Waals surface area (Å²) in [6.45, 7) is 5.93. The van der Waals surface area contributed by atoms with Crippen molar-refractivity contribution in [2.45, 2.75) is 32.7 Å². The second-order valence-electron chi connectivity index (χ2n) is 5.74. The lowest BCUT2D eigenvalue weighted by molar-refractivity contribution is -0.127. The summed E-state index contributed by atoms with van der Waals surface area (Å²) in [4.78, 5) is 23.3. The number of nitrogens with two attached hydrogens (primary N) is 1. The number of rotatable bonds is 7. The SMILES string of the molecule is CC(CNC(=O)CNC(=O)[C@@H](N)C(C)C)c1ccc(F)cc1. The third kappa shape index (κ3) is 5.81. The van der Waals surface area contributed by atoms with Crippen molar-refractivity contribution in [3.05, 3.63) is 35.6 Å². The van der Waals surface area contributed by atoms with Gasteiger partial charge in [-0.1, -0.05) is 32.9 Å². The van der Waals surface area contributed by atoms with Crippen molar-refractivity contribution < 1.29 is 14.0 Å². The minimum atomic E-state index is -0.620. The van der Waals surface area contributed by atoms with Crippen LogP contribution in [0.25, 0.3) is 0 Å². The molecule has 122 valence electrons. The molecule has 4 N–H and O–H groups in total. The molecule has 0 aliphatic carbocycles. The third-order valence-electron chi connectivity index (χ3n) is 3.49. The molecule has 1 rings (SSSR count). The maximum Gasteiger partial charge on any atom is 0.239 e. The standard InChI is InChI=1S/C16H24FN3O2/c1-10(2)15(18)16(22)20-9-14(21)19-8-11(3)12-4-6-13(17)7-5-12/h4-7,10-11,15H,8-9,18H2,1-3H3,(H,19,21)(H,20,22)/t11?,15-/m0/s1. The predicted octanol–water partition coefficient (Wildman–Crippen LogP) is 1.14. The zero-order valence-electron chi connectivity index (χ0n) is 13.2. The number of carbonyl (C=O) groups excluding carboxylic acids is 2. The maximum atomic E-state index is 12.8. The van der Waals surface area contributed by atoms with E-state index >= 15 is 0 Å². The molecule has 1 unspecified atom stereocenters. The zero-order chi connectivity index (χ0) is 16.7. The number of hydrogen-bond donors (Lipinski definition) is 3. The lowest BCUT2D eigenvalue weighted by Crippen LogP contribution is -2.47. The molecule has 0 saturated carbocycles. The highest BCUT2D eigenvalue weighted by atomic mass is 19.1. The molecular formula is C16H24FN3O2. The number of amides is 2. The lowest BCUT2D eigenvalue weighted by atomic mass is 10.0. The number of halogens is 1. The van der Waals surface area contributed by atoms with Crippen molar-refractivity contribution in [2.75, 3.05) is 13.1 Å². The van der Waals surface area contributed by atoms with Crippen LogP contribution in [0.5, 0.6) is 0 Å². The second kappa shape index (κ2) is 8.48. The van der Waals surface area contributed by atoms with Crippen LogP contribution in [0, 0.1) is 11.7 Å². The molecule has 0 aliphatic heterocycles. The smallest absolute Gasteiger partial charge is 0.239 e. The van der Waals surface area contributed by atoms with Crippen LogP contribution < -0.4 is 16.4 Å². The van der Waals surface area contributed by atoms with Gasteiger partial charge in [0.25, 0.3) is 0 Å². The summed E-state index contributed by atoms with van der Waals surface area (Å²) in [5, 5.41) is 5.24. The topological polar surface area (TPSA) is 84.2 Å². The monoisotopic (exact) mass is 309 g/mol. The van der Waals surface area contributed by atoms with Crippen LogP contribution in [0.3, 0.4) is 0 Å². The normalized spacial score (nSPS) is 13.5. The van der Waals surface area contributed by atoms with Gasteiger partial charge in [-0.15, -0.1) is 0 Å². The Morgan fingerprint density at radius 3 is 2.27 bits per heavy atom. The van der Waals surface area contributed by atoms with E-state index in [-0.39, 0.29) is 36.0 Å². The van der Waals surface area contributed by atoms with Crippen molar-refractivity contribution in [1.82, 2.24) is 10.6 Å². The minimum absolute atomic E-state index is 0.0153. The first-order valence-electron chi connectivity index (χ1n) is 7.36. The molecule has 0 aliphatic rings. The van der Waals surface area contributed by atoms with Crippen LogP contribution in [0.2, 0.25) is 0 Å². The first-order chi connectivity index (χ1) is 10.3. The molecule has 2 amide bonds. The molecule has 0 spiro atoms. The highest BCUT2D eigenvalue weighted by Gasteiger charge is 2.17. The van der Waals surface area contributed by atoms with Crippen LogP contribution >= 0.6 is 0 Å². The summed E-state index contributed by atoms with van der Waals surface area (Å²) in [7, 11) is 0. The third-order valence-corrected chi connectivity index (χ3v) is 3.49. The molecule has 0 bridgehead atoms. The molecule has 1 aromatic rings. The summed E-state index contributed by atoms with van der Waals surface area (Å²) in [5.41, 5.74) is 6.62. The van der Waals surface area contributed by atoms with Gasteiger partial charge >= 0.3 is 0 Å². The van der Waals surface area contributed by atoms with E-state index in [9.17, 15) is 14.0 Å². The molecule has 1 aromatic carbocycles. The van der Waals surface area contributed by atoms with E-state index in [1.807, 2.05) is 20.8 Å². The van der Waals surface area contributed by atoms with E-state index in [0.717, 1.165) is 5.56 Å². The van der Waals surface area contributed by atoms with E-state index in [4.69, 9.17) is 5.73 Å². The summed E-state index contributed by atoms with van der Waals surface area (Å²) in [6.07, 6.45) is 0. The van der Waals surface area contributed by atoms with Crippen molar-refractivity contribution in [2.24, 2.45) is 11.7 Å². The molecular weight excluding hydrogens is 285 g/mol. The van der Waals surface area contributed by atoms with Gasteiger partial charge in [0.05, 0.1) is 12.6 Å². The fraction of sp³-hybridized carbons (Fsp3) is 0.500. The van der Waals surface area contributed by atoms with Gasteiger partial charge in [-0.05, 0) is 29.5 Å². The van der Waals surface area contributed by atoms with Crippen molar-refractivity contribution in [3.8, 4) is 0 Å². The molecule has 5 nitrogen and oxygen atoms in total. The zero-order valence-corrected chi connectivity index (χ0v) is 13.2. The van der Waals surface area contributed by atoms with Gasteiger partial charge < -0.3 is 16.4 Å². The Kier molecular flexibility index (Phi) is 6.98. The van der Waals surface area contributed by atoms with Crippen molar-refractivity contribution >= 4 is 11.8 Å². The Bertz CT molecular complexity index is 503. The van der Waals surface area contributed by atoms with Crippen LogP contribution in [0.15, 0.2) is 24.3 Å². The van der Waals surface area contributed by atoms with Gasteiger partial charge in [-0.25, -0.2) is 4.39 Å². The van der Waals surface area contributed by atoms with Crippen LogP contribution in [-0.4, -0.2) is 30.9 Å². The number of nitrogens with one attached hydrogen (secondary N) is 2. The van der Waals surface area contributed by atoms with Gasteiger partial charge in [0.1, 0.15) is 5.82 Å². The largest absolute Gasteiger partial charge is 0.354 e. The lowest BCUT2D eigenvalue weighted by Gasteiger charge is -2.16. The predicted molar refractivity (Wildman–Crippen MR) is 83.6 cm³/mol. The number of hydrogen-bond acceptors (Lipinski definition) is 3. The first-order valence-corrected chi connectivity index (χ1v) is 7.36. The number of benzene rings is 1. The van der Waals surface area contributed by atoms with Gasteiger partial charge in [0, 0.05) is 6.54 Å². The fourth-order valence-electron chi connectivity index (χ4n) is 1.83. The molecule has 0 aromatic heterocycles. The van der Waals surface area contributed by atoms with E-state index in [2.05, 4.69) is 10.6 Å². The van der Waals surface area contributed by atoms with Crippen molar-refractivity contribution in [3.63, 3.8) is 0 Å². The van der Waals surface area contributed by atoms with Gasteiger partial charge in [0.15, 0.2) is 0 Å². The van der Waals surface area contributed by atoms with Crippen LogP contribution in [-0.2, 0) is 9.59 Å². The summed E-state index contributed by atoms with van der Waals surface area (Å²) in [5.74, 6) is -0.834. The molecule has 0 fully saturated rings. The number of carbonyl (C=O) groups is 2. The van der Waals surface area contributed by atoms with Gasteiger partial charge in [-0.3, -0.25) is 9.59 Å².